The summed E-state index contributed by atoms with van der Waals surface area (Å²) in [5.74, 6) is -0.618. The van der Waals surface area contributed by atoms with Crippen LogP contribution >= 0.6 is 0 Å². The highest BCUT2D eigenvalue weighted by molar-refractivity contribution is 5.82. The molecule has 1 aliphatic heterocycles. The molecule has 1 saturated heterocycles. The Hall–Kier alpha value is -1.72. The van der Waals surface area contributed by atoms with Crippen molar-refractivity contribution in [2.24, 2.45) is 5.41 Å². The summed E-state index contributed by atoms with van der Waals surface area (Å²) < 4.78 is 13.4. The molecule has 1 aliphatic rings. The standard InChI is InChI=1S/C16H27FN4O3/c1-15(2,10-22)14(24)19-9-16(3,4)20-7-13(23)21-8-11(17)5-12(21)6-18/h11-12,20,22H,5,7-10H2,1-4H3,(H,19,24)/t11-,12-/m0/s1. The molecule has 0 radical (unpaired) electrons. The highest BCUT2D eigenvalue weighted by atomic mass is 19.1. The fourth-order valence-corrected chi connectivity index (χ4v) is 2.27. The molecule has 2 atom stereocenters. The maximum atomic E-state index is 13.4. The summed E-state index contributed by atoms with van der Waals surface area (Å²) >= 11 is 0. The van der Waals surface area contributed by atoms with E-state index in [0.29, 0.717) is 0 Å². The number of aliphatic hydroxyl groups is 1. The zero-order chi connectivity index (χ0) is 18.5. The van der Waals surface area contributed by atoms with E-state index in [9.17, 15) is 19.1 Å². The molecule has 2 amide bonds. The second kappa shape index (κ2) is 7.90. The number of alkyl halides is 1. The van der Waals surface area contributed by atoms with Crippen LogP contribution in [0.15, 0.2) is 0 Å². The Labute approximate surface area is 142 Å². The summed E-state index contributed by atoms with van der Waals surface area (Å²) in [7, 11) is 0. The van der Waals surface area contributed by atoms with E-state index in [1.165, 1.54) is 4.90 Å². The van der Waals surface area contributed by atoms with Gasteiger partial charge in [0, 0.05) is 18.5 Å². The smallest absolute Gasteiger partial charge is 0.237 e. The Morgan fingerprint density at radius 1 is 1.38 bits per heavy atom. The molecule has 1 fully saturated rings. The number of hydrogen-bond acceptors (Lipinski definition) is 5. The van der Waals surface area contributed by atoms with E-state index in [0.717, 1.165) is 0 Å². The van der Waals surface area contributed by atoms with Crippen LogP contribution in [0.4, 0.5) is 4.39 Å². The van der Waals surface area contributed by atoms with Gasteiger partial charge in [0.1, 0.15) is 12.2 Å². The van der Waals surface area contributed by atoms with E-state index in [1.807, 2.05) is 19.9 Å². The summed E-state index contributed by atoms with van der Waals surface area (Å²) in [6.45, 7) is 6.80. The van der Waals surface area contributed by atoms with E-state index >= 15 is 0 Å². The van der Waals surface area contributed by atoms with E-state index in [2.05, 4.69) is 10.6 Å². The molecular formula is C16H27FN4O3. The van der Waals surface area contributed by atoms with Crippen LogP contribution in [0.3, 0.4) is 0 Å². The van der Waals surface area contributed by atoms with Gasteiger partial charge in [0.25, 0.3) is 0 Å². The van der Waals surface area contributed by atoms with Crippen LogP contribution < -0.4 is 10.6 Å². The number of carbonyl (C=O) groups is 2. The van der Waals surface area contributed by atoms with Crippen molar-refractivity contribution in [1.82, 2.24) is 15.5 Å². The lowest BCUT2D eigenvalue weighted by Crippen LogP contribution is -2.54. The first-order valence-electron chi connectivity index (χ1n) is 8.00. The third-order valence-electron chi connectivity index (χ3n) is 4.14. The van der Waals surface area contributed by atoms with Crippen molar-refractivity contribution < 1.29 is 19.1 Å². The van der Waals surface area contributed by atoms with Gasteiger partial charge in [0.05, 0.1) is 31.2 Å². The number of likely N-dealkylation sites (tertiary alicyclic amines) is 1. The van der Waals surface area contributed by atoms with Crippen molar-refractivity contribution in [3.63, 3.8) is 0 Å². The lowest BCUT2D eigenvalue weighted by atomic mass is 9.93. The molecule has 1 rings (SSSR count). The van der Waals surface area contributed by atoms with E-state index in [-0.39, 0.29) is 44.5 Å². The average molecular weight is 342 g/mol. The Morgan fingerprint density at radius 2 is 2.00 bits per heavy atom. The lowest BCUT2D eigenvalue weighted by molar-refractivity contribution is -0.131. The molecule has 0 unspecified atom stereocenters. The maximum Gasteiger partial charge on any atom is 0.237 e. The SMILES string of the molecule is CC(C)(CNC(=O)C(C)(C)CO)NCC(=O)N1C[C@@H](F)C[C@H]1C#N. The molecule has 0 spiro atoms. The van der Waals surface area contributed by atoms with Crippen LogP contribution in [0.1, 0.15) is 34.1 Å². The lowest BCUT2D eigenvalue weighted by Gasteiger charge is -2.30. The summed E-state index contributed by atoms with van der Waals surface area (Å²) in [6.07, 6.45) is -1.11. The minimum absolute atomic E-state index is 0.0445. The molecule has 0 bridgehead atoms. The zero-order valence-electron chi connectivity index (χ0n) is 14.7. The quantitative estimate of drug-likeness (QED) is 0.602. The van der Waals surface area contributed by atoms with Crippen LogP contribution in [0.25, 0.3) is 0 Å². The Balaban J connectivity index is 2.49. The number of carbonyl (C=O) groups excluding carboxylic acids is 2. The Bertz CT molecular complexity index is 516. The van der Waals surface area contributed by atoms with Crippen molar-refractivity contribution in [3.8, 4) is 6.07 Å². The molecule has 0 aromatic carbocycles. The van der Waals surface area contributed by atoms with Crippen LogP contribution in [-0.4, -0.2) is 65.8 Å². The topological polar surface area (TPSA) is 105 Å². The second-order valence-corrected chi connectivity index (χ2v) is 7.49. The fraction of sp³-hybridized carbons (Fsp3) is 0.812. The predicted octanol–water partition coefficient (Wildman–Crippen LogP) is -0.0481. The average Bonchev–Trinajstić information content (AvgIpc) is 2.91. The first-order chi connectivity index (χ1) is 11.0. The Kier molecular flexibility index (Phi) is 6.69. The van der Waals surface area contributed by atoms with Gasteiger partial charge < -0.3 is 20.6 Å². The molecule has 0 aliphatic carbocycles. The molecule has 136 valence electrons. The van der Waals surface area contributed by atoms with Crippen molar-refractivity contribution in [3.05, 3.63) is 0 Å². The number of aliphatic hydroxyl groups excluding tert-OH is 1. The normalized spacial score (nSPS) is 21.5. The highest BCUT2D eigenvalue weighted by Gasteiger charge is 2.36. The van der Waals surface area contributed by atoms with Gasteiger partial charge in [-0.25, -0.2) is 4.39 Å². The second-order valence-electron chi connectivity index (χ2n) is 7.49. The number of halogens is 1. The first-order valence-corrected chi connectivity index (χ1v) is 8.00. The highest BCUT2D eigenvalue weighted by Crippen LogP contribution is 2.20. The first kappa shape index (κ1) is 20.3. The van der Waals surface area contributed by atoms with Crippen LogP contribution in [-0.2, 0) is 9.59 Å². The minimum atomic E-state index is -1.16. The Morgan fingerprint density at radius 3 is 2.54 bits per heavy atom. The summed E-state index contributed by atoms with van der Waals surface area (Å²) in [6, 6.07) is 1.22. The molecular weight excluding hydrogens is 315 g/mol. The molecule has 24 heavy (non-hydrogen) atoms. The van der Waals surface area contributed by atoms with Gasteiger partial charge >= 0.3 is 0 Å². The van der Waals surface area contributed by atoms with Gasteiger partial charge in [-0.1, -0.05) is 0 Å². The number of rotatable bonds is 7. The van der Waals surface area contributed by atoms with Crippen LogP contribution in [0, 0.1) is 16.7 Å². The third-order valence-corrected chi connectivity index (χ3v) is 4.14. The van der Waals surface area contributed by atoms with Crippen molar-refractivity contribution in [2.75, 3.05) is 26.2 Å². The zero-order valence-corrected chi connectivity index (χ0v) is 14.7. The predicted molar refractivity (Wildman–Crippen MR) is 86.6 cm³/mol. The monoisotopic (exact) mass is 342 g/mol. The third kappa shape index (κ3) is 5.42. The van der Waals surface area contributed by atoms with Crippen molar-refractivity contribution >= 4 is 11.8 Å². The summed E-state index contributed by atoms with van der Waals surface area (Å²) in [4.78, 5) is 25.4. The van der Waals surface area contributed by atoms with E-state index in [4.69, 9.17) is 5.26 Å². The van der Waals surface area contributed by atoms with E-state index in [1.54, 1.807) is 13.8 Å². The molecule has 0 aromatic rings. The number of nitrogens with zero attached hydrogens (tertiary/aromatic N) is 2. The molecule has 3 N–H and O–H groups in total. The van der Waals surface area contributed by atoms with E-state index < -0.39 is 23.2 Å². The van der Waals surface area contributed by atoms with Crippen LogP contribution in [0.5, 0.6) is 0 Å². The maximum absolute atomic E-state index is 13.4. The van der Waals surface area contributed by atoms with Gasteiger partial charge in [-0.2, -0.15) is 5.26 Å². The van der Waals surface area contributed by atoms with Crippen LogP contribution in [0.2, 0.25) is 0 Å². The van der Waals surface area contributed by atoms with Crippen molar-refractivity contribution in [1.29, 1.82) is 5.26 Å². The number of nitrogens with one attached hydrogen (secondary N) is 2. The molecule has 0 aromatic heterocycles. The fourth-order valence-electron chi connectivity index (χ4n) is 2.27. The molecule has 0 saturated carbocycles. The van der Waals surface area contributed by atoms with Gasteiger partial charge in [-0.15, -0.1) is 0 Å². The largest absolute Gasteiger partial charge is 0.395 e. The summed E-state index contributed by atoms with van der Waals surface area (Å²) in [5, 5.41) is 23.9. The minimum Gasteiger partial charge on any atom is -0.395 e. The molecule has 7 nitrogen and oxygen atoms in total. The van der Waals surface area contributed by atoms with Gasteiger partial charge in [0.2, 0.25) is 11.8 Å². The van der Waals surface area contributed by atoms with Crippen molar-refractivity contribution in [2.45, 2.75) is 51.9 Å². The number of hydrogen-bond donors (Lipinski definition) is 3. The summed E-state index contributed by atoms with van der Waals surface area (Å²) in [5.41, 5.74) is -1.45. The molecule has 8 heteroatoms. The van der Waals surface area contributed by atoms with Gasteiger partial charge in [-0.3, -0.25) is 9.59 Å². The number of nitriles is 1. The van der Waals surface area contributed by atoms with Gasteiger partial charge in [0.15, 0.2) is 0 Å². The number of amides is 2. The molecule has 1 heterocycles. The van der Waals surface area contributed by atoms with Gasteiger partial charge in [-0.05, 0) is 27.7 Å².